The number of carboxylic acid groups (broad SMARTS) is 1. The molecule has 0 radical (unpaired) electrons. The maximum atomic E-state index is 12.8. The van der Waals surface area contributed by atoms with E-state index in [1.807, 2.05) is 0 Å². The van der Waals surface area contributed by atoms with E-state index in [-0.39, 0.29) is 33.7 Å². The van der Waals surface area contributed by atoms with Crippen LogP contribution in [0.4, 0.5) is 0 Å². The van der Waals surface area contributed by atoms with Crippen LogP contribution >= 0.6 is 0 Å². The number of hydrogen-bond acceptors (Lipinski definition) is 2. The Labute approximate surface area is 201 Å². The molecule has 0 amide bonds. The molecular weight excluding hydrogens is 408 g/mol. The summed E-state index contributed by atoms with van der Waals surface area (Å²) in [5.74, 6) is 1.82. The Morgan fingerprint density at radius 2 is 1.61 bits per heavy atom. The van der Waals surface area contributed by atoms with Gasteiger partial charge in [-0.05, 0) is 109 Å². The standard InChI is InChI=1S/C30H48O3/c1-18-10-15-30(25(32)33)17-16-28(6)20(24(30)19(18)2)8-9-22-27(5)13-12-23(31)26(3,4)21(27)11-14-29(22,28)7/h8,18-19,21-24,31H,9-17H2,1-7H3,(H,32,33)/t18?,19?,21?,22?,23?,24?,27-,28+,29-,30+/m0/s1. The monoisotopic (exact) mass is 456 g/mol. The molecule has 5 aliphatic rings. The van der Waals surface area contributed by atoms with Gasteiger partial charge in [0.05, 0.1) is 11.5 Å². The third-order valence-corrected chi connectivity index (χ3v) is 13.4. The predicted molar refractivity (Wildman–Crippen MR) is 133 cm³/mol. The van der Waals surface area contributed by atoms with Crippen LogP contribution in [0.3, 0.4) is 0 Å². The van der Waals surface area contributed by atoms with Gasteiger partial charge in [-0.1, -0.05) is 60.1 Å². The van der Waals surface area contributed by atoms with Crippen molar-refractivity contribution in [2.24, 2.45) is 56.7 Å². The molecule has 4 saturated carbocycles. The van der Waals surface area contributed by atoms with Gasteiger partial charge in [0.25, 0.3) is 0 Å². The van der Waals surface area contributed by atoms with E-state index in [4.69, 9.17) is 0 Å². The normalized spacial score (nSPS) is 55.3. The van der Waals surface area contributed by atoms with Crippen LogP contribution in [0.2, 0.25) is 0 Å². The van der Waals surface area contributed by atoms with Crippen LogP contribution < -0.4 is 0 Å². The first kappa shape index (κ1) is 23.9. The van der Waals surface area contributed by atoms with Crippen molar-refractivity contribution in [2.75, 3.05) is 0 Å². The highest BCUT2D eigenvalue weighted by molar-refractivity contribution is 5.76. The van der Waals surface area contributed by atoms with Crippen LogP contribution in [0.15, 0.2) is 11.6 Å². The molecule has 186 valence electrons. The molecule has 3 heteroatoms. The summed E-state index contributed by atoms with van der Waals surface area (Å²) in [7, 11) is 0. The second-order valence-corrected chi connectivity index (χ2v) is 14.5. The van der Waals surface area contributed by atoms with Gasteiger partial charge in [0, 0.05) is 0 Å². The molecule has 0 heterocycles. The molecular formula is C30H48O3. The minimum atomic E-state index is -0.557. The van der Waals surface area contributed by atoms with E-state index in [0.717, 1.165) is 44.9 Å². The van der Waals surface area contributed by atoms with Crippen molar-refractivity contribution in [1.82, 2.24) is 0 Å². The molecule has 0 bridgehead atoms. The summed E-state index contributed by atoms with van der Waals surface area (Å²) in [6, 6.07) is 0. The minimum Gasteiger partial charge on any atom is -0.481 e. The molecule has 4 fully saturated rings. The average molecular weight is 457 g/mol. The van der Waals surface area contributed by atoms with Crippen molar-refractivity contribution in [2.45, 2.75) is 112 Å². The summed E-state index contributed by atoms with van der Waals surface area (Å²) in [4.78, 5) is 12.8. The average Bonchev–Trinajstić information content (AvgIpc) is 2.74. The zero-order chi connectivity index (χ0) is 24.2. The Bertz CT molecular complexity index is 874. The van der Waals surface area contributed by atoms with E-state index in [2.05, 4.69) is 54.5 Å². The molecule has 2 N–H and O–H groups in total. The van der Waals surface area contributed by atoms with Crippen molar-refractivity contribution in [3.63, 3.8) is 0 Å². The number of carboxylic acids is 1. The van der Waals surface area contributed by atoms with Crippen LogP contribution in [-0.4, -0.2) is 22.3 Å². The number of hydrogen-bond donors (Lipinski definition) is 2. The van der Waals surface area contributed by atoms with Crippen LogP contribution in [0, 0.1) is 56.7 Å². The van der Waals surface area contributed by atoms with Crippen molar-refractivity contribution < 1.29 is 15.0 Å². The lowest BCUT2D eigenvalue weighted by Gasteiger charge is -2.71. The Kier molecular flexibility index (Phi) is 5.15. The van der Waals surface area contributed by atoms with Crippen molar-refractivity contribution in [3.05, 3.63) is 11.6 Å². The second-order valence-electron chi connectivity index (χ2n) is 14.5. The fraction of sp³-hybridized carbons (Fsp3) is 0.900. The highest BCUT2D eigenvalue weighted by atomic mass is 16.4. The van der Waals surface area contributed by atoms with E-state index >= 15 is 0 Å². The summed E-state index contributed by atoms with van der Waals surface area (Å²) in [5.41, 5.74) is 1.46. The van der Waals surface area contributed by atoms with Crippen LogP contribution in [0.1, 0.15) is 106 Å². The van der Waals surface area contributed by atoms with E-state index in [1.54, 1.807) is 0 Å². The largest absolute Gasteiger partial charge is 0.481 e. The first-order valence-corrected chi connectivity index (χ1v) is 13.9. The summed E-state index contributed by atoms with van der Waals surface area (Å²) in [5, 5.41) is 21.4. The molecule has 10 atom stereocenters. The van der Waals surface area contributed by atoms with Gasteiger partial charge in [0.2, 0.25) is 0 Å². The highest BCUT2D eigenvalue weighted by Crippen LogP contribution is 2.75. The van der Waals surface area contributed by atoms with E-state index in [0.29, 0.717) is 23.7 Å². The van der Waals surface area contributed by atoms with Crippen molar-refractivity contribution in [3.8, 4) is 0 Å². The third kappa shape index (κ3) is 2.75. The number of rotatable bonds is 1. The number of aliphatic hydroxyl groups excluding tert-OH is 1. The minimum absolute atomic E-state index is 0.0302. The molecule has 5 rings (SSSR count). The van der Waals surface area contributed by atoms with Gasteiger partial charge in [-0.25, -0.2) is 0 Å². The Morgan fingerprint density at radius 3 is 2.27 bits per heavy atom. The molecule has 6 unspecified atom stereocenters. The van der Waals surface area contributed by atoms with Crippen LogP contribution in [-0.2, 0) is 4.79 Å². The van der Waals surface area contributed by atoms with E-state index < -0.39 is 11.4 Å². The lowest BCUT2D eigenvalue weighted by Crippen LogP contribution is -2.65. The summed E-state index contributed by atoms with van der Waals surface area (Å²) < 4.78 is 0. The lowest BCUT2D eigenvalue weighted by molar-refractivity contribution is -0.206. The maximum absolute atomic E-state index is 12.8. The number of carbonyl (C=O) groups is 1. The first-order valence-electron chi connectivity index (χ1n) is 13.9. The highest BCUT2D eigenvalue weighted by Gasteiger charge is 2.69. The Morgan fingerprint density at radius 1 is 0.909 bits per heavy atom. The van der Waals surface area contributed by atoms with E-state index in [9.17, 15) is 15.0 Å². The number of aliphatic hydroxyl groups is 1. The summed E-state index contributed by atoms with van der Waals surface area (Å²) in [6.45, 7) is 17.0. The smallest absolute Gasteiger partial charge is 0.310 e. The molecule has 5 aliphatic carbocycles. The number of fused-ring (bicyclic) bond motifs is 7. The van der Waals surface area contributed by atoms with Gasteiger partial charge in [-0.15, -0.1) is 0 Å². The molecule has 0 aromatic carbocycles. The molecule has 0 spiro atoms. The topological polar surface area (TPSA) is 57.5 Å². The van der Waals surface area contributed by atoms with Gasteiger partial charge in [0.15, 0.2) is 0 Å². The third-order valence-electron chi connectivity index (χ3n) is 13.4. The van der Waals surface area contributed by atoms with E-state index in [1.165, 1.54) is 18.4 Å². The van der Waals surface area contributed by atoms with Gasteiger partial charge < -0.3 is 10.2 Å². The first-order chi connectivity index (χ1) is 15.3. The molecule has 33 heavy (non-hydrogen) atoms. The summed E-state index contributed by atoms with van der Waals surface area (Å²) >= 11 is 0. The SMILES string of the molecule is CC1CC[C@@]2(C(=O)O)CC[C@]3(C)C(=CCC4[C@@]5(C)CCC(O)C(C)(C)C5CC[C@@]43C)C2C1C. The molecule has 0 aliphatic heterocycles. The van der Waals surface area contributed by atoms with Crippen molar-refractivity contribution in [1.29, 1.82) is 0 Å². The number of aliphatic carboxylic acids is 1. The zero-order valence-corrected chi connectivity index (χ0v) is 22.2. The number of allylic oxidation sites excluding steroid dienone is 2. The zero-order valence-electron chi connectivity index (χ0n) is 22.2. The van der Waals surface area contributed by atoms with Crippen LogP contribution in [0.25, 0.3) is 0 Å². The molecule has 0 aromatic heterocycles. The van der Waals surface area contributed by atoms with Gasteiger partial charge in [-0.2, -0.15) is 0 Å². The quantitative estimate of drug-likeness (QED) is 0.414. The van der Waals surface area contributed by atoms with Crippen molar-refractivity contribution >= 4 is 5.97 Å². The Balaban J connectivity index is 1.61. The van der Waals surface area contributed by atoms with Crippen LogP contribution in [0.5, 0.6) is 0 Å². The van der Waals surface area contributed by atoms with Gasteiger partial charge in [-0.3, -0.25) is 4.79 Å². The summed E-state index contributed by atoms with van der Waals surface area (Å²) in [6.07, 6.45) is 11.6. The molecule has 0 aromatic rings. The van der Waals surface area contributed by atoms with Gasteiger partial charge in [0.1, 0.15) is 0 Å². The van der Waals surface area contributed by atoms with Gasteiger partial charge >= 0.3 is 5.97 Å². The predicted octanol–water partition coefficient (Wildman–Crippen LogP) is 7.09. The fourth-order valence-electron chi connectivity index (χ4n) is 10.8. The molecule has 0 saturated heterocycles. The Hall–Kier alpha value is -0.830. The second kappa shape index (κ2) is 7.11. The lowest BCUT2D eigenvalue weighted by atomic mass is 9.33. The molecule has 3 nitrogen and oxygen atoms in total. The maximum Gasteiger partial charge on any atom is 0.310 e. The fourth-order valence-corrected chi connectivity index (χ4v) is 10.8.